The molecule has 0 aliphatic carbocycles. The fourth-order valence-electron chi connectivity index (χ4n) is 2.83. The number of halogens is 1. The molecule has 0 aliphatic rings. The number of fused-ring (bicyclic) bond motifs is 1. The molecule has 1 aromatic heterocycles. The number of rotatable bonds is 3. The first-order valence-electron chi connectivity index (χ1n) is 7.64. The third-order valence-corrected chi connectivity index (χ3v) is 4.23. The van der Waals surface area contributed by atoms with E-state index < -0.39 is 0 Å². The van der Waals surface area contributed by atoms with Gasteiger partial charge in [-0.1, -0.05) is 29.8 Å². The number of nitrogens with zero attached hydrogens (tertiary/aromatic N) is 2. The molecule has 0 fully saturated rings. The van der Waals surface area contributed by atoms with Gasteiger partial charge in [-0.15, -0.1) is 0 Å². The molecule has 4 aromatic rings. The molecule has 24 heavy (non-hydrogen) atoms. The molecule has 0 bridgehead atoms. The van der Waals surface area contributed by atoms with Gasteiger partial charge in [-0.3, -0.25) is 4.57 Å². The Morgan fingerprint density at radius 1 is 0.917 bits per heavy atom. The van der Waals surface area contributed by atoms with Crippen LogP contribution in [0.2, 0.25) is 5.02 Å². The van der Waals surface area contributed by atoms with E-state index in [0.717, 1.165) is 33.9 Å². The molecule has 0 aliphatic heterocycles. The van der Waals surface area contributed by atoms with E-state index in [-0.39, 0.29) is 0 Å². The van der Waals surface area contributed by atoms with Gasteiger partial charge in [0.15, 0.2) is 0 Å². The smallest absolute Gasteiger partial charge is 0.145 e. The van der Waals surface area contributed by atoms with E-state index >= 15 is 0 Å². The summed E-state index contributed by atoms with van der Waals surface area (Å²) in [5.74, 6) is 1.69. The lowest BCUT2D eigenvalue weighted by molar-refractivity contribution is 0.414. The van der Waals surface area contributed by atoms with Crippen molar-refractivity contribution in [2.75, 3.05) is 7.11 Å². The van der Waals surface area contributed by atoms with Gasteiger partial charge in [-0.25, -0.2) is 4.98 Å². The van der Waals surface area contributed by atoms with Crippen molar-refractivity contribution in [2.24, 2.45) is 0 Å². The van der Waals surface area contributed by atoms with Gasteiger partial charge in [-0.05, 0) is 48.5 Å². The van der Waals surface area contributed by atoms with Crippen LogP contribution in [0.1, 0.15) is 0 Å². The second-order valence-corrected chi connectivity index (χ2v) is 5.90. The van der Waals surface area contributed by atoms with Crippen molar-refractivity contribution in [3.8, 4) is 22.8 Å². The van der Waals surface area contributed by atoms with Gasteiger partial charge in [0.25, 0.3) is 0 Å². The number of ether oxygens (including phenoxy) is 1. The largest absolute Gasteiger partial charge is 0.497 e. The van der Waals surface area contributed by atoms with E-state index in [1.807, 2.05) is 60.7 Å². The maximum atomic E-state index is 6.03. The van der Waals surface area contributed by atoms with Crippen molar-refractivity contribution in [2.45, 2.75) is 0 Å². The summed E-state index contributed by atoms with van der Waals surface area (Å²) in [7, 11) is 1.67. The Bertz CT molecular complexity index is 1010. The zero-order valence-corrected chi connectivity index (χ0v) is 13.9. The lowest BCUT2D eigenvalue weighted by Gasteiger charge is -2.11. The van der Waals surface area contributed by atoms with Crippen molar-refractivity contribution >= 4 is 22.6 Å². The van der Waals surface area contributed by atoms with Crippen molar-refractivity contribution in [3.63, 3.8) is 0 Å². The monoisotopic (exact) mass is 334 g/mol. The van der Waals surface area contributed by atoms with Crippen molar-refractivity contribution in [3.05, 3.63) is 77.8 Å². The summed E-state index contributed by atoms with van der Waals surface area (Å²) in [4.78, 5) is 4.82. The molecule has 0 spiro atoms. The first kappa shape index (κ1) is 14.8. The van der Waals surface area contributed by atoms with Crippen LogP contribution in [0.4, 0.5) is 0 Å². The molecule has 0 saturated heterocycles. The van der Waals surface area contributed by atoms with Crippen LogP contribution in [-0.2, 0) is 0 Å². The molecule has 0 radical (unpaired) electrons. The number of hydrogen-bond acceptors (Lipinski definition) is 2. The number of methoxy groups -OCH3 is 1. The Labute approximate surface area is 145 Å². The Balaban J connectivity index is 2.01. The lowest BCUT2D eigenvalue weighted by Crippen LogP contribution is -1.98. The van der Waals surface area contributed by atoms with Gasteiger partial charge in [0.05, 0.1) is 23.8 Å². The highest BCUT2D eigenvalue weighted by Gasteiger charge is 2.14. The second kappa shape index (κ2) is 6.02. The van der Waals surface area contributed by atoms with Crippen molar-refractivity contribution in [1.29, 1.82) is 0 Å². The van der Waals surface area contributed by atoms with Gasteiger partial charge in [0.1, 0.15) is 11.6 Å². The summed E-state index contributed by atoms with van der Waals surface area (Å²) in [6.45, 7) is 0. The van der Waals surface area contributed by atoms with Crippen LogP contribution < -0.4 is 4.74 Å². The summed E-state index contributed by atoms with van der Waals surface area (Å²) >= 11 is 6.03. The first-order valence-corrected chi connectivity index (χ1v) is 8.02. The topological polar surface area (TPSA) is 27.1 Å². The van der Waals surface area contributed by atoms with E-state index in [1.165, 1.54) is 0 Å². The Morgan fingerprint density at radius 3 is 2.50 bits per heavy atom. The number of para-hydroxylation sites is 2. The molecule has 0 amide bonds. The molecule has 0 N–H and O–H groups in total. The SMILES string of the molecule is COc1cccc(-n2c(-c3ccc(Cl)cc3)nc3ccccc32)c1. The fourth-order valence-corrected chi connectivity index (χ4v) is 2.96. The third kappa shape index (κ3) is 2.53. The quantitative estimate of drug-likeness (QED) is 0.504. The molecular formula is C20H15ClN2O. The highest BCUT2D eigenvalue weighted by molar-refractivity contribution is 6.30. The number of aromatic nitrogens is 2. The second-order valence-electron chi connectivity index (χ2n) is 5.47. The first-order chi connectivity index (χ1) is 11.8. The van der Waals surface area contributed by atoms with Crippen LogP contribution in [0.15, 0.2) is 72.8 Å². The van der Waals surface area contributed by atoms with Gasteiger partial charge >= 0.3 is 0 Å². The molecule has 4 rings (SSSR count). The zero-order chi connectivity index (χ0) is 16.5. The van der Waals surface area contributed by atoms with Crippen LogP contribution in [-0.4, -0.2) is 16.7 Å². The average molecular weight is 335 g/mol. The molecule has 0 atom stereocenters. The van der Waals surface area contributed by atoms with Gasteiger partial charge in [-0.2, -0.15) is 0 Å². The zero-order valence-electron chi connectivity index (χ0n) is 13.1. The van der Waals surface area contributed by atoms with Gasteiger partial charge < -0.3 is 4.74 Å². The predicted octanol–water partition coefficient (Wildman–Crippen LogP) is 5.35. The number of hydrogen-bond donors (Lipinski definition) is 0. The van der Waals surface area contributed by atoms with E-state index in [9.17, 15) is 0 Å². The summed E-state index contributed by atoms with van der Waals surface area (Å²) in [6, 6.07) is 23.8. The maximum absolute atomic E-state index is 6.03. The average Bonchev–Trinajstić information content (AvgIpc) is 3.02. The Morgan fingerprint density at radius 2 is 1.71 bits per heavy atom. The van der Waals surface area contributed by atoms with Gasteiger partial charge in [0.2, 0.25) is 0 Å². The van der Waals surface area contributed by atoms with Crippen molar-refractivity contribution in [1.82, 2.24) is 9.55 Å². The molecule has 0 saturated carbocycles. The van der Waals surface area contributed by atoms with E-state index in [0.29, 0.717) is 5.02 Å². The van der Waals surface area contributed by atoms with Crippen molar-refractivity contribution < 1.29 is 4.74 Å². The maximum Gasteiger partial charge on any atom is 0.145 e. The van der Waals surface area contributed by atoms with E-state index in [4.69, 9.17) is 21.3 Å². The highest BCUT2D eigenvalue weighted by atomic mass is 35.5. The summed E-state index contributed by atoms with van der Waals surface area (Å²) in [6.07, 6.45) is 0. The number of imidazole rings is 1. The fraction of sp³-hybridized carbons (Fsp3) is 0.0500. The highest BCUT2D eigenvalue weighted by Crippen LogP contribution is 2.30. The van der Waals surface area contributed by atoms with Crippen LogP contribution in [0, 0.1) is 0 Å². The molecular weight excluding hydrogens is 320 g/mol. The standard InChI is InChI=1S/C20H15ClN2O/c1-24-17-6-4-5-16(13-17)23-19-8-3-2-7-18(19)22-20(23)14-9-11-15(21)12-10-14/h2-13H,1H3. The minimum atomic E-state index is 0.711. The number of benzene rings is 3. The summed E-state index contributed by atoms with van der Waals surface area (Å²) in [5.41, 5.74) is 4.02. The lowest BCUT2D eigenvalue weighted by atomic mass is 10.2. The van der Waals surface area contributed by atoms with E-state index in [1.54, 1.807) is 7.11 Å². The Kier molecular flexibility index (Phi) is 3.71. The molecule has 4 heteroatoms. The van der Waals surface area contributed by atoms with E-state index in [2.05, 4.69) is 16.7 Å². The summed E-state index contributed by atoms with van der Waals surface area (Å²) < 4.78 is 7.52. The molecule has 1 heterocycles. The normalized spacial score (nSPS) is 10.9. The Hall–Kier alpha value is -2.78. The molecule has 3 aromatic carbocycles. The van der Waals surface area contributed by atoms with Crippen LogP contribution in [0.3, 0.4) is 0 Å². The molecule has 3 nitrogen and oxygen atoms in total. The molecule has 118 valence electrons. The third-order valence-electron chi connectivity index (χ3n) is 3.97. The van der Waals surface area contributed by atoms with Crippen LogP contribution >= 0.6 is 11.6 Å². The van der Waals surface area contributed by atoms with Gasteiger partial charge in [0, 0.05) is 16.7 Å². The molecule has 0 unspecified atom stereocenters. The minimum Gasteiger partial charge on any atom is -0.497 e. The van der Waals surface area contributed by atoms with Crippen LogP contribution in [0.25, 0.3) is 28.1 Å². The predicted molar refractivity (Wildman–Crippen MR) is 98.1 cm³/mol. The summed E-state index contributed by atoms with van der Waals surface area (Å²) in [5, 5.41) is 0.711. The minimum absolute atomic E-state index is 0.711. The van der Waals surface area contributed by atoms with Crippen LogP contribution in [0.5, 0.6) is 5.75 Å².